The van der Waals surface area contributed by atoms with E-state index < -0.39 is 0 Å². The molecule has 1 fully saturated rings. The lowest BCUT2D eigenvalue weighted by molar-refractivity contribution is 0.0824. The van der Waals surface area contributed by atoms with Gasteiger partial charge in [-0.05, 0) is 50.9 Å². The molecule has 0 aromatic heterocycles. The normalized spacial score (nSPS) is 15.8. The number of nitrogens with zero attached hydrogens (tertiary/aromatic N) is 3. The second-order valence-corrected chi connectivity index (χ2v) is 7.33. The topological polar surface area (TPSA) is 60.3 Å². The van der Waals surface area contributed by atoms with Crippen molar-refractivity contribution in [3.05, 3.63) is 29.3 Å². The molecule has 0 aliphatic carbocycles. The van der Waals surface area contributed by atoms with Crippen molar-refractivity contribution in [2.75, 3.05) is 52.9 Å². The highest BCUT2D eigenvalue weighted by Gasteiger charge is 2.16. The third kappa shape index (κ3) is 9.62. The van der Waals surface area contributed by atoms with Gasteiger partial charge in [0, 0.05) is 38.2 Å². The first kappa shape index (κ1) is 25.3. The Morgan fingerprint density at radius 1 is 1.39 bits per heavy atom. The third-order valence-electron chi connectivity index (χ3n) is 4.64. The van der Waals surface area contributed by atoms with Gasteiger partial charge in [-0.2, -0.15) is 0 Å². The van der Waals surface area contributed by atoms with E-state index in [1.54, 1.807) is 0 Å². The van der Waals surface area contributed by atoms with Gasteiger partial charge in [-0.3, -0.25) is 4.99 Å². The summed E-state index contributed by atoms with van der Waals surface area (Å²) in [6.07, 6.45) is 2.70. The van der Waals surface area contributed by atoms with Crippen molar-refractivity contribution >= 4 is 41.5 Å². The van der Waals surface area contributed by atoms with E-state index in [1.807, 2.05) is 31.3 Å². The van der Waals surface area contributed by atoms with Gasteiger partial charge in [-0.15, -0.1) is 24.0 Å². The van der Waals surface area contributed by atoms with Gasteiger partial charge in [0.15, 0.2) is 5.96 Å². The number of benzene rings is 1. The van der Waals surface area contributed by atoms with E-state index in [1.165, 1.54) is 0 Å². The number of hydrogen-bond acceptors (Lipinski definition) is 4. The number of rotatable bonds is 9. The maximum atomic E-state index is 9.57. The van der Waals surface area contributed by atoms with Crippen molar-refractivity contribution in [2.24, 2.45) is 4.99 Å². The number of piperidine rings is 1. The van der Waals surface area contributed by atoms with Crippen LogP contribution in [0.2, 0.25) is 5.02 Å². The molecule has 1 aliphatic rings. The number of guanidine groups is 1. The van der Waals surface area contributed by atoms with Gasteiger partial charge in [0.2, 0.25) is 0 Å². The molecule has 0 radical (unpaired) electrons. The lowest BCUT2D eigenvalue weighted by atomic mass is 10.1. The fourth-order valence-electron chi connectivity index (χ4n) is 3.06. The number of ether oxygens (including phenoxy) is 1. The van der Waals surface area contributed by atoms with Gasteiger partial charge in [-0.1, -0.05) is 17.7 Å². The van der Waals surface area contributed by atoms with E-state index >= 15 is 0 Å². The van der Waals surface area contributed by atoms with Crippen molar-refractivity contribution in [1.82, 2.24) is 15.1 Å². The van der Waals surface area contributed by atoms with Crippen LogP contribution in [0.1, 0.15) is 26.2 Å². The van der Waals surface area contributed by atoms with Crippen LogP contribution < -0.4 is 10.1 Å². The van der Waals surface area contributed by atoms with Crippen molar-refractivity contribution in [3.63, 3.8) is 0 Å². The lowest BCUT2D eigenvalue weighted by Gasteiger charge is -2.29. The zero-order valence-electron chi connectivity index (χ0n) is 16.9. The summed E-state index contributed by atoms with van der Waals surface area (Å²) in [5, 5.41) is 13.6. The fourth-order valence-corrected chi connectivity index (χ4v) is 3.24. The van der Waals surface area contributed by atoms with E-state index in [0.29, 0.717) is 11.6 Å². The molecule has 2 N–H and O–H groups in total. The predicted octanol–water partition coefficient (Wildman–Crippen LogP) is 3.08. The number of likely N-dealkylation sites (tertiary alicyclic amines) is 1. The van der Waals surface area contributed by atoms with Crippen molar-refractivity contribution in [3.8, 4) is 5.75 Å². The second-order valence-electron chi connectivity index (χ2n) is 6.89. The number of nitrogens with one attached hydrogen (secondary N) is 1. The number of halogens is 2. The van der Waals surface area contributed by atoms with Crippen LogP contribution >= 0.6 is 35.6 Å². The Balaban J connectivity index is 0.00000392. The van der Waals surface area contributed by atoms with Crippen LogP contribution in [0.25, 0.3) is 0 Å². The largest absolute Gasteiger partial charge is 0.492 e. The molecular formula is C20H34ClIN4O2. The van der Waals surface area contributed by atoms with E-state index in [4.69, 9.17) is 21.3 Å². The number of aliphatic hydroxyl groups excluding tert-OH is 1. The lowest BCUT2D eigenvalue weighted by Crippen LogP contribution is -2.41. The summed E-state index contributed by atoms with van der Waals surface area (Å²) in [6.45, 7) is 8.03. The zero-order valence-corrected chi connectivity index (χ0v) is 20.0. The molecule has 2 rings (SSSR count). The average Bonchev–Trinajstić information content (AvgIpc) is 2.65. The molecule has 6 nitrogen and oxygen atoms in total. The number of aliphatic hydroxyl groups is 1. The van der Waals surface area contributed by atoms with Gasteiger partial charge >= 0.3 is 0 Å². The summed E-state index contributed by atoms with van der Waals surface area (Å²) in [5.74, 6) is 1.69. The molecule has 1 saturated heterocycles. The Bertz CT molecular complexity index is 583. The van der Waals surface area contributed by atoms with Crippen LogP contribution in [0.5, 0.6) is 5.75 Å². The Labute approximate surface area is 191 Å². The highest BCUT2D eigenvalue weighted by atomic mass is 127. The smallest absolute Gasteiger partial charge is 0.193 e. The van der Waals surface area contributed by atoms with E-state index in [-0.39, 0.29) is 30.1 Å². The summed E-state index contributed by atoms with van der Waals surface area (Å²) in [7, 11) is 2.02. The van der Waals surface area contributed by atoms with Crippen LogP contribution in [0, 0.1) is 0 Å². The number of likely N-dealkylation sites (N-methyl/N-ethyl adjacent to an activating group) is 1. The fraction of sp³-hybridized carbons (Fsp3) is 0.650. The Hall–Kier alpha value is -0.770. The second kappa shape index (κ2) is 14.3. The SMILES string of the molecule is CCNC(=NCCCN1CCC(O)CC1)N(C)CCOc1cccc(Cl)c1.I. The molecule has 1 aliphatic heterocycles. The number of aliphatic imine (C=N–C) groups is 1. The van der Waals surface area contributed by atoms with Gasteiger partial charge in [0.1, 0.15) is 12.4 Å². The molecular weight excluding hydrogens is 491 g/mol. The summed E-state index contributed by atoms with van der Waals surface area (Å²) in [5.41, 5.74) is 0. The monoisotopic (exact) mass is 524 g/mol. The third-order valence-corrected chi connectivity index (χ3v) is 4.87. The van der Waals surface area contributed by atoms with Crippen LogP contribution in [0.15, 0.2) is 29.3 Å². The maximum Gasteiger partial charge on any atom is 0.193 e. The minimum absolute atomic E-state index is 0. The summed E-state index contributed by atoms with van der Waals surface area (Å²) in [4.78, 5) is 9.23. The average molecular weight is 525 g/mol. The summed E-state index contributed by atoms with van der Waals surface area (Å²) >= 11 is 5.98. The van der Waals surface area contributed by atoms with E-state index in [2.05, 4.69) is 22.0 Å². The van der Waals surface area contributed by atoms with Crippen molar-refractivity contribution in [1.29, 1.82) is 0 Å². The molecule has 1 aromatic carbocycles. The molecule has 160 valence electrons. The molecule has 0 saturated carbocycles. The van der Waals surface area contributed by atoms with E-state index in [9.17, 15) is 5.11 Å². The first-order valence-corrected chi connectivity index (χ1v) is 10.2. The van der Waals surface area contributed by atoms with Crippen LogP contribution in [-0.4, -0.2) is 79.9 Å². The molecule has 0 unspecified atom stereocenters. The Morgan fingerprint density at radius 3 is 2.82 bits per heavy atom. The van der Waals surface area contributed by atoms with Crippen molar-refractivity contribution < 1.29 is 9.84 Å². The minimum atomic E-state index is -0.109. The van der Waals surface area contributed by atoms with Gasteiger partial charge in [0.25, 0.3) is 0 Å². The molecule has 28 heavy (non-hydrogen) atoms. The quantitative estimate of drug-likeness (QED) is 0.225. The van der Waals surface area contributed by atoms with Crippen LogP contribution in [0.4, 0.5) is 0 Å². The summed E-state index contributed by atoms with van der Waals surface area (Å²) in [6, 6.07) is 7.45. The highest BCUT2D eigenvalue weighted by molar-refractivity contribution is 14.0. The Kier molecular flexibility index (Phi) is 12.9. The molecule has 1 aromatic rings. The van der Waals surface area contributed by atoms with Gasteiger partial charge < -0.3 is 25.0 Å². The van der Waals surface area contributed by atoms with E-state index in [0.717, 1.165) is 70.2 Å². The molecule has 0 spiro atoms. The predicted molar refractivity (Wildman–Crippen MR) is 127 cm³/mol. The minimum Gasteiger partial charge on any atom is -0.492 e. The maximum absolute atomic E-state index is 9.57. The molecule has 0 amide bonds. The van der Waals surface area contributed by atoms with Gasteiger partial charge in [-0.25, -0.2) is 0 Å². The molecule has 0 bridgehead atoms. The standard InChI is InChI=1S/C20H33ClN4O2.HI/c1-3-22-20(23-10-5-11-25-12-8-18(26)9-13-25)24(2)14-15-27-19-7-4-6-17(21)16-19;/h4,6-7,16,18,26H,3,5,8-15H2,1-2H3,(H,22,23);1H. The van der Waals surface area contributed by atoms with Crippen LogP contribution in [0.3, 0.4) is 0 Å². The Morgan fingerprint density at radius 2 is 2.14 bits per heavy atom. The molecule has 0 atom stereocenters. The summed E-state index contributed by atoms with van der Waals surface area (Å²) < 4.78 is 5.76. The van der Waals surface area contributed by atoms with Crippen molar-refractivity contribution in [2.45, 2.75) is 32.3 Å². The highest BCUT2D eigenvalue weighted by Crippen LogP contribution is 2.16. The zero-order chi connectivity index (χ0) is 19.5. The van der Waals surface area contributed by atoms with Gasteiger partial charge in [0.05, 0.1) is 12.6 Å². The molecule has 1 heterocycles. The first-order valence-electron chi connectivity index (χ1n) is 9.86. The number of hydrogen-bond donors (Lipinski definition) is 2. The van der Waals surface area contributed by atoms with Crippen LogP contribution in [-0.2, 0) is 0 Å². The first-order chi connectivity index (χ1) is 13.1. The molecule has 8 heteroatoms.